The standard InChI is InChI=1S/C17H29N3O/c1-4-7-15-10-14(12-18-3)11-17(19-15)20(5-2)13-16-8-6-9-21-16/h10-11,16,18H,4-9,12-13H2,1-3H3. The molecule has 1 saturated heterocycles. The van der Waals surface area contributed by atoms with Crippen molar-refractivity contribution >= 4 is 5.82 Å². The molecule has 0 spiro atoms. The number of ether oxygens (including phenoxy) is 1. The molecule has 0 aromatic carbocycles. The fourth-order valence-electron chi connectivity index (χ4n) is 2.90. The van der Waals surface area contributed by atoms with Gasteiger partial charge in [-0.3, -0.25) is 0 Å². The third-order valence-electron chi connectivity index (χ3n) is 3.97. The highest BCUT2D eigenvalue weighted by Gasteiger charge is 2.19. The average Bonchev–Trinajstić information content (AvgIpc) is 2.98. The predicted molar refractivity (Wildman–Crippen MR) is 87.9 cm³/mol. The van der Waals surface area contributed by atoms with Gasteiger partial charge in [0.2, 0.25) is 0 Å². The Labute approximate surface area is 128 Å². The van der Waals surface area contributed by atoms with Gasteiger partial charge in [0.1, 0.15) is 5.82 Å². The van der Waals surface area contributed by atoms with E-state index in [2.05, 4.69) is 36.2 Å². The van der Waals surface area contributed by atoms with Gasteiger partial charge >= 0.3 is 0 Å². The zero-order valence-corrected chi connectivity index (χ0v) is 13.7. The molecule has 1 aliphatic rings. The molecular weight excluding hydrogens is 262 g/mol. The van der Waals surface area contributed by atoms with Crippen molar-refractivity contribution in [1.82, 2.24) is 10.3 Å². The van der Waals surface area contributed by atoms with Crippen LogP contribution in [0.4, 0.5) is 5.82 Å². The van der Waals surface area contributed by atoms with Crippen LogP contribution < -0.4 is 10.2 Å². The maximum Gasteiger partial charge on any atom is 0.129 e. The molecule has 1 fully saturated rings. The van der Waals surface area contributed by atoms with E-state index in [1.807, 2.05) is 7.05 Å². The minimum Gasteiger partial charge on any atom is -0.376 e. The Kier molecular flexibility index (Phi) is 6.46. The second kappa shape index (κ2) is 8.35. The number of likely N-dealkylation sites (N-methyl/N-ethyl adjacent to an activating group) is 1. The molecule has 4 heteroatoms. The monoisotopic (exact) mass is 291 g/mol. The van der Waals surface area contributed by atoms with Gasteiger partial charge in [0.05, 0.1) is 6.10 Å². The normalized spacial score (nSPS) is 18.1. The summed E-state index contributed by atoms with van der Waals surface area (Å²) in [6.45, 7) is 8.14. The first-order valence-electron chi connectivity index (χ1n) is 8.27. The summed E-state index contributed by atoms with van der Waals surface area (Å²) < 4.78 is 5.78. The highest BCUT2D eigenvalue weighted by atomic mass is 16.5. The number of anilines is 1. The van der Waals surface area contributed by atoms with Crippen molar-refractivity contribution in [2.45, 2.75) is 52.2 Å². The van der Waals surface area contributed by atoms with Crippen LogP contribution in [0.25, 0.3) is 0 Å². The fourth-order valence-corrected chi connectivity index (χ4v) is 2.90. The van der Waals surface area contributed by atoms with Gasteiger partial charge in [-0.25, -0.2) is 4.98 Å². The lowest BCUT2D eigenvalue weighted by Crippen LogP contribution is -2.33. The van der Waals surface area contributed by atoms with Gasteiger partial charge in [0, 0.05) is 31.9 Å². The number of nitrogens with one attached hydrogen (secondary N) is 1. The van der Waals surface area contributed by atoms with E-state index in [1.165, 1.54) is 24.1 Å². The molecule has 1 aromatic rings. The number of pyridine rings is 1. The molecule has 0 aliphatic carbocycles. The summed E-state index contributed by atoms with van der Waals surface area (Å²) in [4.78, 5) is 7.22. The fraction of sp³-hybridized carbons (Fsp3) is 0.706. The van der Waals surface area contributed by atoms with Gasteiger partial charge in [0.25, 0.3) is 0 Å². The number of nitrogens with zero attached hydrogens (tertiary/aromatic N) is 2. The number of rotatable bonds is 8. The van der Waals surface area contributed by atoms with E-state index in [1.54, 1.807) is 0 Å². The highest BCUT2D eigenvalue weighted by Crippen LogP contribution is 2.20. The smallest absolute Gasteiger partial charge is 0.129 e. The molecule has 1 aliphatic heterocycles. The summed E-state index contributed by atoms with van der Waals surface area (Å²) in [5, 5.41) is 3.24. The largest absolute Gasteiger partial charge is 0.376 e. The summed E-state index contributed by atoms with van der Waals surface area (Å²) in [5.74, 6) is 1.10. The number of hydrogen-bond acceptors (Lipinski definition) is 4. The molecule has 0 bridgehead atoms. The number of hydrogen-bond donors (Lipinski definition) is 1. The van der Waals surface area contributed by atoms with Crippen LogP contribution in [0.3, 0.4) is 0 Å². The maximum atomic E-state index is 5.78. The van der Waals surface area contributed by atoms with Crippen molar-refractivity contribution in [3.63, 3.8) is 0 Å². The predicted octanol–water partition coefficient (Wildman–Crippen LogP) is 2.76. The van der Waals surface area contributed by atoms with Gasteiger partial charge in [-0.05, 0) is 50.9 Å². The highest BCUT2D eigenvalue weighted by molar-refractivity contribution is 5.43. The molecule has 1 N–H and O–H groups in total. The lowest BCUT2D eigenvalue weighted by atomic mass is 10.1. The van der Waals surface area contributed by atoms with Gasteiger partial charge in [0.15, 0.2) is 0 Å². The first kappa shape index (κ1) is 16.2. The second-order valence-corrected chi connectivity index (χ2v) is 5.78. The summed E-state index contributed by atoms with van der Waals surface area (Å²) in [5.41, 5.74) is 2.52. The van der Waals surface area contributed by atoms with E-state index in [0.717, 1.165) is 44.9 Å². The van der Waals surface area contributed by atoms with Gasteiger partial charge in [-0.2, -0.15) is 0 Å². The Morgan fingerprint density at radius 2 is 2.24 bits per heavy atom. The van der Waals surface area contributed by atoms with E-state index in [-0.39, 0.29) is 0 Å². The second-order valence-electron chi connectivity index (χ2n) is 5.78. The molecule has 21 heavy (non-hydrogen) atoms. The Morgan fingerprint density at radius 3 is 2.86 bits per heavy atom. The van der Waals surface area contributed by atoms with E-state index in [0.29, 0.717) is 6.10 Å². The van der Waals surface area contributed by atoms with Crippen LogP contribution in [0.1, 0.15) is 44.4 Å². The van der Waals surface area contributed by atoms with Crippen molar-refractivity contribution in [1.29, 1.82) is 0 Å². The summed E-state index contributed by atoms with van der Waals surface area (Å²) in [6, 6.07) is 4.44. The van der Waals surface area contributed by atoms with Crippen LogP contribution >= 0.6 is 0 Å². The van der Waals surface area contributed by atoms with E-state index in [4.69, 9.17) is 9.72 Å². The molecule has 0 saturated carbocycles. The zero-order valence-electron chi connectivity index (χ0n) is 13.7. The molecule has 2 rings (SSSR count). The van der Waals surface area contributed by atoms with Crippen LogP contribution in [-0.4, -0.2) is 37.8 Å². The van der Waals surface area contributed by atoms with Crippen molar-refractivity contribution in [2.24, 2.45) is 0 Å². The molecular formula is C17H29N3O. The van der Waals surface area contributed by atoms with Gasteiger partial charge in [-0.1, -0.05) is 13.3 Å². The molecule has 2 heterocycles. The Hall–Kier alpha value is -1.13. The minimum absolute atomic E-state index is 0.370. The molecule has 118 valence electrons. The molecule has 1 atom stereocenters. The van der Waals surface area contributed by atoms with Crippen molar-refractivity contribution < 1.29 is 4.74 Å². The minimum atomic E-state index is 0.370. The Morgan fingerprint density at radius 1 is 1.38 bits per heavy atom. The molecule has 4 nitrogen and oxygen atoms in total. The van der Waals surface area contributed by atoms with Crippen molar-refractivity contribution in [3.05, 3.63) is 23.4 Å². The Balaban J connectivity index is 2.16. The maximum absolute atomic E-state index is 5.78. The molecule has 1 unspecified atom stereocenters. The van der Waals surface area contributed by atoms with Crippen molar-refractivity contribution in [3.8, 4) is 0 Å². The van der Waals surface area contributed by atoms with Crippen LogP contribution in [0.15, 0.2) is 12.1 Å². The Bertz CT molecular complexity index is 406. The number of aryl methyl sites for hydroxylation is 1. The third kappa shape index (κ3) is 4.68. The molecule has 0 amide bonds. The SMILES string of the molecule is CCCc1cc(CNC)cc(N(CC)CC2CCCO2)n1. The van der Waals surface area contributed by atoms with Crippen LogP contribution in [-0.2, 0) is 17.7 Å². The molecule has 1 aromatic heterocycles. The number of aromatic nitrogens is 1. The van der Waals surface area contributed by atoms with Crippen LogP contribution in [0.2, 0.25) is 0 Å². The zero-order chi connectivity index (χ0) is 15.1. The first-order valence-corrected chi connectivity index (χ1v) is 8.27. The topological polar surface area (TPSA) is 37.4 Å². The van der Waals surface area contributed by atoms with Gasteiger partial charge < -0.3 is 15.0 Å². The quantitative estimate of drug-likeness (QED) is 0.799. The molecule has 0 radical (unpaired) electrons. The van der Waals surface area contributed by atoms with E-state index in [9.17, 15) is 0 Å². The first-order chi connectivity index (χ1) is 10.3. The van der Waals surface area contributed by atoms with Gasteiger partial charge in [-0.15, -0.1) is 0 Å². The summed E-state index contributed by atoms with van der Waals surface area (Å²) >= 11 is 0. The summed E-state index contributed by atoms with van der Waals surface area (Å²) in [6.07, 6.45) is 4.91. The van der Waals surface area contributed by atoms with E-state index >= 15 is 0 Å². The summed E-state index contributed by atoms with van der Waals surface area (Å²) in [7, 11) is 1.99. The average molecular weight is 291 g/mol. The van der Waals surface area contributed by atoms with Crippen LogP contribution in [0.5, 0.6) is 0 Å². The third-order valence-corrected chi connectivity index (χ3v) is 3.97. The van der Waals surface area contributed by atoms with E-state index < -0.39 is 0 Å². The lowest BCUT2D eigenvalue weighted by molar-refractivity contribution is 0.115. The lowest BCUT2D eigenvalue weighted by Gasteiger charge is -2.26. The van der Waals surface area contributed by atoms with Crippen LogP contribution in [0, 0.1) is 0 Å². The van der Waals surface area contributed by atoms with Crippen molar-refractivity contribution in [2.75, 3.05) is 31.6 Å².